The van der Waals surface area contributed by atoms with Crippen molar-refractivity contribution in [3.63, 3.8) is 0 Å². The minimum Gasteiger partial charge on any atom is -0.456 e. The second-order valence-electron chi connectivity index (χ2n) is 19.1. The summed E-state index contributed by atoms with van der Waals surface area (Å²) in [5, 5.41) is 2.26. The third-order valence-electron chi connectivity index (χ3n) is 15.1. The van der Waals surface area contributed by atoms with Gasteiger partial charge >= 0.3 is 0 Å². The van der Waals surface area contributed by atoms with Gasteiger partial charge in [0.25, 0.3) is 0 Å². The Balaban J connectivity index is 1.05. The molecule has 0 bridgehead atoms. The first kappa shape index (κ1) is 41.3. The third kappa shape index (κ3) is 6.09. The molecule has 4 aliphatic heterocycles. The largest absolute Gasteiger partial charge is 0.456 e. The standard InChI is InChI=1S/C66H40BN3O3S/c1-3-18-41(19-4-1)45-23-17-24-46(42-20-5-2-6-21-42)65(45)70-54-38-43(68-50-25-8-13-30-57(50)72-58-31-14-9-26-51(58)68)34-35-48(54)67-49-36-37-61-63(47-22-7-12-29-56(47)71-61)66(49)74-62-40-44(39-55(70)64(62)67)69-52-27-10-15-32-59(52)73-60-33-16-11-28-53(60)69/h1-40H. The number of furan rings is 1. The Morgan fingerprint density at radius 1 is 0.365 bits per heavy atom. The predicted molar refractivity (Wildman–Crippen MR) is 304 cm³/mol. The summed E-state index contributed by atoms with van der Waals surface area (Å²) in [5.74, 6) is 3.22. The van der Waals surface area contributed by atoms with Crippen LogP contribution < -0.4 is 40.6 Å². The molecular weight excluding hydrogens is 926 g/mol. The Kier molecular flexibility index (Phi) is 8.96. The zero-order valence-electron chi connectivity index (χ0n) is 39.6. The number of nitrogens with zero attached hydrogens (tertiary/aromatic N) is 3. The fraction of sp³-hybridized carbons (Fsp3) is 0. The summed E-state index contributed by atoms with van der Waals surface area (Å²) in [7, 11) is 0. The molecule has 0 amide bonds. The van der Waals surface area contributed by atoms with Crippen LogP contribution in [0, 0.1) is 0 Å². The molecule has 0 unspecified atom stereocenters. The minimum absolute atomic E-state index is 0.138. The molecule has 4 aliphatic rings. The Bertz CT molecular complexity index is 4140. The Morgan fingerprint density at radius 2 is 0.878 bits per heavy atom. The summed E-state index contributed by atoms with van der Waals surface area (Å²) in [4.78, 5) is 9.74. The smallest absolute Gasteiger partial charge is 0.249 e. The van der Waals surface area contributed by atoms with E-state index in [1.165, 1.54) is 26.2 Å². The summed E-state index contributed by atoms with van der Waals surface area (Å²) < 4.78 is 19.9. The summed E-state index contributed by atoms with van der Waals surface area (Å²) in [6.45, 7) is -0.138. The van der Waals surface area contributed by atoms with Gasteiger partial charge in [-0.2, -0.15) is 0 Å². The molecule has 0 spiro atoms. The second-order valence-corrected chi connectivity index (χ2v) is 20.2. The zero-order chi connectivity index (χ0) is 48.4. The van der Waals surface area contributed by atoms with E-state index < -0.39 is 0 Å². The van der Waals surface area contributed by atoms with E-state index in [4.69, 9.17) is 13.9 Å². The van der Waals surface area contributed by atoms with Crippen LogP contribution in [0.3, 0.4) is 0 Å². The number of anilines is 9. The van der Waals surface area contributed by atoms with Crippen molar-refractivity contribution >= 4 is 108 Å². The topological polar surface area (TPSA) is 41.3 Å². The molecule has 1 aromatic heterocycles. The van der Waals surface area contributed by atoms with Crippen molar-refractivity contribution in [3.05, 3.63) is 243 Å². The molecule has 0 aliphatic carbocycles. The van der Waals surface area contributed by atoms with Gasteiger partial charge in [-0.15, -0.1) is 0 Å². The van der Waals surface area contributed by atoms with Crippen LogP contribution >= 0.6 is 11.8 Å². The van der Waals surface area contributed by atoms with E-state index in [2.05, 4.69) is 233 Å². The first-order valence-corrected chi connectivity index (χ1v) is 25.8. The van der Waals surface area contributed by atoms with Crippen LogP contribution in [0.4, 0.5) is 51.2 Å². The third-order valence-corrected chi connectivity index (χ3v) is 16.3. The van der Waals surface area contributed by atoms with Gasteiger partial charge in [0.05, 0.1) is 28.4 Å². The van der Waals surface area contributed by atoms with Crippen LogP contribution in [0.5, 0.6) is 23.0 Å². The van der Waals surface area contributed by atoms with Crippen molar-refractivity contribution in [2.24, 2.45) is 0 Å². The molecule has 0 saturated heterocycles. The first-order valence-electron chi connectivity index (χ1n) is 25.0. The van der Waals surface area contributed by atoms with Gasteiger partial charge in [0.2, 0.25) is 6.71 Å². The van der Waals surface area contributed by atoms with Gasteiger partial charge in [0.15, 0.2) is 23.0 Å². The molecule has 16 rings (SSSR count). The molecule has 0 radical (unpaired) electrons. The van der Waals surface area contributed by atoms with Crippen molar-refractivity contribution in [2.75, 3.05) is 14.7 Å². The highest BCUT2D eigenvalue weighted by molar-refractivity contribution is 8.00. The number of fused-ring (bicyclic) bond motifs is 12. The van der Waals surface area contributed by atoms with Gasteiger partial charge in [-0.3, -0.25) is 0 Å². The van der Waals surface area contributed by atoms with Crippen LogP contribution in [0.15, 0.2) is 257 Å². The maximum Gasteiger partial charge on any atom is 0.249 e. The first-order chi connectivity index (χ1) is 36.7. The SMILES string of the molecule is c1ccc(-c2cccc(-c3ccccc3)c2N2c3cc(N4c5ccccc5Oc5ccccc54)ccc3B3c4ccc5oc6ccccc6c5c4Sc4cc(N5c6ccccc6Oc6ccccc65)cc2c43)cc1. The monoisotopic (exact) mass is 965 g/mol. The normalized spacial score (nSPS) is 13.5. The highest BCUT2D eigenvalue weighted by Crippen LogP contribution is 2.57. The van der Waals surface area contributed by atoms with Crippen molar-refractivity contribution in [3.8, 4) is 45.3 Å². The molecule has 11 aromatic carbocycles. The van der Waals surface area contributed by atoms with E-state index in [0.29, 0.717) is 0 Å². The van der Waals surface area contributed by atoms with E-state index in [1.807, 2.05) is 36.0 Å². The lowest BCUT2D eigenvalue weighted by Crippen LogP contribution is -2.60. The molecule has 346 valence electrons. The minimum atomic E-state index is -0.138. The van der Waals surface area contributed by atoms with Crippen LogP contribution in [0.25, 0.3) is 44.2 Å². The lowest BCUT2D eigenvalue weighted by Gasteiger charge is -2.43. The van der Waals surface area contributed by atoms with Crippen molar-refractivity contribution in [2.45, 2.75) is 9.79 Å². The molecule has 0 saturated carbocycles. The molecule has 0 fully saturated rings. The van der Waals surface area contributed by atoms with E-state index >= 15 is 0 Å². The lowest BCUT2D eigenvalue weighted by molar-refractivity contribution is 0.477. The quantitative estimate of drug-likeness (QED) is 0.159. The molecular formula is C66H40BN3O3S. The average Bonchev–Trinajstić information content (AvgIpc) is 3.89. The molecule has 0 N–H and O–H groups in total. The van der Waals surface area contributed by atoms with Crippen molar-refractivity contribution in [1.29, 1.82) is 0 Å². The molecule has 74 heavy (non-hydrogen) atoms. The van der Waals surface area contributed by atoms with Gasteiger partial charge < -0.3 is 28.6 Å². The van der Waals surface area contributed by atoms with E-state index in [0.717, 1.165) is 118 Å². The number of hydrogen-bond acceptors (Lipinski definition) is 7. The lowest BCUT2D eigenvalue weighted by atomic mass is 9.34. The fourth-order valence-electron chi connectivity index (χ4n) is 11.9. The van der Waals surface area contributed by atoms with E-state index in [-0.39, 0.29) is 6.71 Å². The van der Waals surface area contributed by atoms with Gasteiger partial charge in [-0.25, -0.2) is 0 Å². The molecule has 0 atom stereocenters. The fourth-order valence-corrected chi connectivity index (χ4v) is 13.3. The second kappa shape index (κ2) is 16.1. The zero-order valence-corrected chi connectivity index (χ0v) is 40.5. The highest BCUT2D eigenvalue weighted by atomic mass is 32.2. The van der Waals surface area contributed by atoms with Crippen LogP contribution in [0.1, 0.15) is 0 Å². The number of ether oxygens (including phenoxy) is 2. The average molecular weight is 966 g/mol. The highest BCUT2D eigenvalue weighted by Gasteiger charge is 2.44. The Hall–Kier alpha value is -9.37. The molecule has 12 aromatic rings. The number of benzene rings is 11. The number of para-hydroxylation sites is 10. The van der Waals surface area contributed by atoms with E-state index in [1.54, 1.807) is 0 Å². The van der Waals surface area contributed by atoms with Gasteiger partial charge in [-0.1, -0.05) is 175 Å². The molecule has 5 heterocycles. The molecule has 8 heteroatoms. The Labute approximate surface area is 432 Å². The molecule has 6 nitrogen and oxygen atoms in total. The predicted octanol–water partition coefficient (Wildman–Crippen LogP) is 16.8. The van der Waals surface area contributed by atoms with Gasteiger partial charge in [-0.05, 0) is 107 Å². The summed E-state index contributed by atoms with van der Waals surface area (Å²) in [6, 6.07) is 86.9. The van der Waals surface area contributed by atoms with Crippen molar-refractivity contribution in [1.82, 2.24) is 0 Å². The van der Waals surface area contributed by atoms with Crippen LogP contribution in [-0.4, -0.2) is 6.71 Å². The number of rotatable bonds is 5. The number of hydrogen-bond donors (Lipinski definition) is 0. The van der Waals surface area contributed by atoms with Crippen LogP contribution in [0.2, 0.25) is 0 Å². The van der Waals surface area contributed by atoms with Gasteiger partial charge in [0, 0.05) is 54.4 Å². The van der Waals surface area contributed by atoms with Crippen LogP contribution in [-0.2, 0) is 0 Å². The van der Waals surface area contributed by atoms with E-state index in [9.17, 15) is 0 Å². The summed E-state index contributed by atoms with van der Waals surface area (Å²) in [5.41, 5.74) is 19.3. The van der Waals surface area contributed by atoms with Gasteiger partial charge in [0.1, 0.15) is 11.2 Å². The Morgan fingerprint density at radius 3 is 1.49 bits per heavy atom. The summed E-state index contributed by atoms with van der Waals surface area (Å²) in [6.07, 6.45) is 0. The maximum absolute atomic E-state index is 6.66. The van der Waals surface area contributed by atoms with Crippen molar-refractivity contribution < 1.29 is 13.9 Å². The maximum atomic E-state index is 6.66. The summed E-state index contributed by atoms with van der Waals surface area (Å²) >= 11 is 1.86.